The van der Waals surface area contributed by atoms with Gasteiger partial charge in [-0.15, -0.1) is 0 Å². The number of aromatic nitrogens is 1. The van der Waals surface area contributed by atoms with E-state index in [1.165, 1.54) is 26.4 Å². The molecule has 2 aromatic carbocycles. The predicted octanol–water partition coefficient (Wildman–Crippen LogP) is 3.46. The lowest BCUT2D eigenvalue weighted by atomic mass is 10.1. The number of hydrogen-bond acceptors (Lipinski definition) is 7. The van der Waals surface area contributed by atoms with Gasteiger partial charge in [0.2, 0.25) is 5.88 Å². The van der Waals surface area contributed by atoms with E-state index >= 15 is 0 Å². The summed E-state index contributed by atoms with van der Waals surface area (Å²) in [5.41, 5.74) is 2.81. The van der Waals surface area contributed by atoms with E-state index in [1.807, 2.05) is 31.2 Å². The quantitative estimate of drug-likeness (QED) is 0.611. The van der Waals surface area contributed by atoms with E-state index < -0.39 is 18.5 Å². The van der Waals surface area contributed by atoms with Gasteiger partial charge in [0.15, 0.2) is 18.1 Å². The molecule has 0 atom stereocenters. The van der Waals surface area contributed by atoms with E-state index in [2.05, 4.69) is 10.5 Å². The molecule has 150 valence electrons. The van der Waals surface area contributed by atoms with Crippen molar-refractivity contribution < 1.29 is 28.3 Å². The molecule has 1 heterocycles. The van der Waals surface area contributed by atoms with Gasteiger partial charge in [-0.25, -0.2) is 4.79 Å². The normalized spacial score (nSPS) is 10.3. The number of ether oxygens (including phenoxy) is 3. The van der Waals surface area contributed by atoms with E-state index in [9.17, 15) is 9.59 Å². The second-order valence-corrected chi connectivity index (χ2v) is 6.14. The molecular weight excluding hydrogens is 376 g/mol. The number of carbonyl (C=O) groups excluding carboxylic acids is 2. The molecule has 0 bridgehead atoms. The monoisotopic (exact) mass is 396 g/mol. The van der Waals surface area contributed by atoms with Gasteiger partial charge in [0, 0.05) is 11.6 Å². The molecule has 3 aromatic rings. The van der Waals surface area contributed by atoms with Crippen LogP contribution in [0.2, 0.25) is 0 Å². The van der Waals surface area contributed by atoms with Gasteiger partial charge in [-0.2, -0.15) is 0 Å². The van der Waals surface area contributed by atoms with Crippen molar-refractivity contribution >= 4 is 17.8 Å². The van der Waals surface area contributed by atoms with Crippen molar-refractivity contribution in [1.82, 2.24) is 5.16 Å². The first kappa shape index (κ1) is 19.9. The van der Waals surface area contributed by atoms with Gasteiger partial charge < -0.3 is 18.7 Å². The summed E-state index contributed by atoms with van der Waals surface area (Å²) in [6.07, 6.45) is 0. The fraction of sp³-hybridized carbons (Fsp3) is 0.190. The molecule has 1 aromatic heterocycles. The first-order chi connectivity index (χ1) is 14.0. The third-order valence-electron chi connectivity index (χ3n) is 4.07. The average molecular weight is 396 g/mol. The molecule has 0 aliphatic rings. The summed E-state index contributed by atoms with van der Waals surface area (Å²) in [7, 11) is 2.95. The van der Waals surface area contributed by atoms with E-state index in [-0.39, 0.29) is 11.4 Å². The number of rotatable bonds is 7. The minimum absolute atomic E-state index is 0.160. The summed E-state index contributed by atoms with van der Waals surface area (Å²) in [6.45, 7) is 1.51. The van der Waals surface area contributed by atoms with Crippen molar-refractivity contribution in [2.24, 2.45) is 0 Å². The van der Waals surface area contributed by atoms with E-state index in [1.54, 1.807) is 12.1 Å². The third kappa shape index (κ3) is 4.92. The molecule has 0 spiro atoms. The molecule has 8 heteroatoms. The van der Waals surface area contributed by atoms with Crippen molar-refractivity contribution in [3.8, 4) is 22.8 Å². The van der Waals surface area contributed by atoms with Crippen molar-refractivity contribution in [2.75, 3.05) is 26.1 Å². The fourth-order valence-electron chi connectivity index (χ4n) is 2.55. The molecule has 0 fully saturated rings. The zero-order valence-electron chi connectivity index (χ0n) is 16.2. The van der Waals surface area contributed by atoms with Gasteiger partial charge in [-0.05, 0) is 25.1 Å². The minimum atomic E-state index is -0.668. The molecule has 29 heavy (non-hydrogen) atoms. The lowest BCUT2D eigenvalue weighted by Gasteiger charge is -2.09. The van der Waals surface area contributed by atoms with Crippen LogP contribution in [0.15, 0.2) is 53.1 Å². The Morgan fingerprint density at radius 1 is 1.00 bits per heavy atom. The SMILES string of the molecule is COc1ccc(C(=O)OCC(=O)Nc2cc(-c3ccc(C)cc3)no2)cc1OC. The number of nitrogens with one attached hydrogen (secondary N) is 1. The Morgan fingerprint density at radius 3 is 2.41 bits per heavy atom. The van der Waals surface area contributed by atoms with Gasteiger partial charge in [0.1, 0.15) is 5.69 Å². The smallest absolute Gasteiger partial charge is 0.338 e. The summed E-state index contributed by atoms with van der Waals surface area (Å²) in [6, 6.07) is 13.9. The zero-order chi connectivity index (χ0) is 20.8. The van der Waals surface area contributed by atoms with Crippen LogP contribution in [0.3, 0.4) is 0 Å². The maximum Gasteiger partial charge on any atom is 0.338 e. The van der Waals surface area contributed by atoms with Gasteiger partial charge >= 0.3 is 5.97 Å². The van der Waals surface area contributed by atoms with Gasteiger partial charge in [0.25, 0.3) is 5.91 Å². The number of anilines is 1. The van der Waals surface area contributed by atoms with Crippen LogP contribution >= 0.6 is 0 Å². The van der Waals surface area contributed by atoms with Gasteiger partial charge in [-0.3, -0.25) is 10.1 Å². The van der Waals surface area contributed by atoms with Crippen molar-refractivity contribution in [3.63, 3.8) is 0 Å². The highest BCUT2D eigenvalue weighted by Crippen LogP contribution is 2.27. The number of benzene rings is 2. The molecule has 3 rings (SSSR count). The molecule has 1 amide bonds. The first-order valence-corrected chi connectivity index (χ1v) is 8.73. The van der Waals surface area contributed by atoms with Crippen LogP contribution in [0.1, 0.15) is 15.9 Å². The highest BCUT2D eigenvalue weighted by molar-refractivity contribution is 5.95. The highest BCUT2D eigenvalue weighted by Gasteiger charge is 2.15. The molecular formula is C21H20N2O6. The van der Waals surface area contributed by atoms with Crippen LogP contribution in [0.25, 0.3) is 11.3 Å². The van der Waals surface area contributed by atoms with Crippen molar-refractivity contribution in [3.05, 3.63) is 59.7 Å². The summed E-state index contributed by atoms with van der Waals surface area (Å²) in [5, 5.41) is 6.43. The van der Waals surface area contributed by atoms with Crippen LogP contribution < -0.4 is 14.8 Å². The molecule has 0 saturated carbocycles. The number of amides is 1. The number of hydrogen-bond donors (Lipinski definition) is 1. The molecule has 0 unspecified atom stereocenters. The van der Waals surface area contributed by atoms with E-state index in [0.29, 0.717) is 17.2 Å². The number of esters is 1. The highest BCUT2D eigenvalue weighted by atomic mass is 16.5. The zero-order valence-corrected chi connectivity index (χ0v) is 16.2. The van der Waals surface area contributed by atoms with Crippen LogP contribution in [0.4, 0.5) is 5.88 Å². The molecule has 0 aliphatic heterocycles. The Labute approximate surface area is 167 Å². The summed E-state index contributed by atoms with van der Waals surface area (Å²) >= 11 is 0. The lowest BCUT2D eigenvalue weighted by Crippen LogP contribution is -2.20. The second-order valence-electron chi connectivity index (χ2n) is 6.14. The third-order valence-corrected chi connectivity index (χ3v) is 4.07. The van der Waals surface area contributed by atoms with Crippen LogP contribution in [0, 0.1) is 6.92 Å². The summed E-state index contributed by atoms with van der Waals surface area (Å²) in [5.74, 6) is -0.189. The van der Waals surface area contributed by atoms with Crippen LogP contribution in [-0.4, -0.2) is 37.9 Å². The molecule has 1 N–H and O–H groups in total. The van der Waals surface area contributed by atoms with Gasteiger partial charge in [-0.1, -0.05) is 35.0 Å². The minimum Gasteiger partial charge on any atom is -0.493 e. The Morgan fingerprint density at radius 2 is 1.72 bits per heavy atom. The summed E-state index contributed by atoms with van der Waals surface area (Å²) in [4.78, 5) is 24.2. The number of methoxy groups -OCH3 is 2. The fourth-order valence-corrected chi connectivity index (χ4v) is 2.55. The van der Waals surface area contributed by atoms with E-state index in [4.69, 9.17) is 18.7 Å². The van der Waals surface area contributed by atoms with Gasteiger partial charge in [0.05, 0.1) is 19.8 Å². The standard InChI is InChI=1S/C21H20N2O6/c1-13-4-6-14(7-5-13)16-11-20(29-23-16)22-19(24)12-28-21(25)15-8-9-17(26-2)18(10-15)27-3/h4-11H,12H2,1-3H3,(H,22,24). The molecule has 0 saturated heterocycles. The number of nitrogens with zero attached hydrogens (tertiary/aromatic N) is 1. The Bertz CT molecular complexity index is 1010. The Balaban J connectivity index is 1.56. The maximum absolute atomic E-state index is 12.2. The Hall–Kier alpha value is -3.81. The lowest BCUT2D eigenvalue weighted by molar-refractivity contribution is -0.119. The number of aryl methyl sites for hydroxylation is 1. The van der Waals surface area contributed by atoms with Crippen molar-refractivity contribution in [1.29, 1.82) is 0 Å². The Kier molecular flexibility index (Phi) is 6.13. The van der Waals surface area contributed by atoms with Crippen molar-refractivity contribution in [2.45, 2.75) is 6.92 Å². The van der Waals surface area contributed by atoms with Crippen LogP contribution in [-0.2, 0) is 9.53 Å². The molecule has 0 aliphatic carbocycles. The average Bonchev–Trinajstić information content (AvgIpc) is 3.20. The number of carbonyl (C=O) groups is 2. The van der Waals surface area contributed by atoms with Crippen LogP contribution in [0.5, 0.6) is 11.5 Å². The second kappa shape index (κ2) is 8.92. The largest absolute Gasteiger partial charge is 0.493 e. The van der Waals surface area contributed by atoms with E-state index in [0.717, 1.165) is 11.1 Å². The topological polar surface area (TPSA) is 99.9 Å². The maximum atomic E-state index is 12.2. The molecule has 8 nitrogen and oxygen atoms in total. The summed E-state index contributed by atoms with van der Waals surface area (Å²) < 4.78 is 20.4. The predicted molar refractivity (Wildman–Crippen MR) is 105 cm³/mol. The molecule has 0 radical (unpaired) electrons. The first-order valence-electron chi connectivity index (χ1n) is 8.73.